The van der Waals surface area contributed by atoms with Gasteiger partial charge in [-0.1, -0.05) is 0 Å². The molecule has 1 N–H and O–H groups in total. The first kappa shape index (κ1) is 12.2. The number of anilines is 1. The molecule has 0 spiro atoms. The summed E-state index contributed by atoms with van der Waals surface area (Å²) >= 11 is 0. The maximum atomic E-state index is 12.5. The smallest absolute Gasteiger partial charge is 0.379 e. The molecular formula is C11H13F3N2O. The van der Waals surface area contributed by atoms with Crippen molar-refractivity contribution in [3.8, 4) is 0 Å². The first-order valence-corrected chi connectivity index (χ1v) is 5.43. The number of alkyl halides is 3. The Labute approximate surface area is 97.0 Å². The third-order valence-corrected chi connectivity index (χ3v) is 2.60. The molecule has 0 aromatic carbocycles. The Bertz CT molecular complexity index is 375. The Morgan fingerprint density at radius 1 is 1.41 bits per heavy atom. The minimum Gasteiger partial charge on any atom is -0.379 e. The Morgan fingerprint density at radius 3 is 2.88 bits per heavy atom. The molecule has 94 valence electrons. The molecule has 1 aromatic heterocycles. The van der Waals surface area contributed by atoms with E-state index in [1.807, 2.05) is 0 Å². The number of halogens is 3. The average molecular weight is 246 g/mol. The molecule has 0 saturated carbocycles. The Kier molecular flexibility index (Phi) is 3.51. The monoisotopic (exact) mass is 246 g/mol. The predicted octanol–water partition coefficient (Wildman–Crippen LogP) is 2.69. The van der Waals surface area contributed by atoms with Gasteiger partial charge in [-0.25, -0.2) is 4.98 Å². The van der Waals surface area contributed by atoms with Gasteiger partial charge in [0.15, 0.2) is 0 Å². The van der Waals surface area contributed by atoms with E-state index >= 15 is 0 Å². The van der Waals surface area contributed by atoms with Gasteiger partial charge in [0.2, 0.25) is 0 Å². The van der Waals surface area contributed by atoms with Crippen LogP contribution in [0.3, 0.4) is 0 Å². The van der Waals surface area contributed by atoms with E-state index in [9.17, 15) is 13.2 Å². The number of hydrogen-bond acceptors (Lipinski definition) is 3. The van der Waals surface area contributed by atoms with E-state index in [1.165, 1.54) is 0 Å². The minimum absolute atomic E-state index is 0.0414. The molecule has 1 aliphatic rings. The van der Waals surface area contributed by atoms with Gasteiger partial charge in [-0.15, -0.1) is 0 Å². The molecule has 1 saturated heterocycles. The normalized spacial score (nSPS) is 21.2. The van der Waals surface area contributed by atoms with Crippen molar-refractivity contribution in [3.05, 3.63) is 23.9 Å². The van der Waals surface area contributed by atoms with Gasteiger partial charge in [0.1, 0.15) is 5.82 Å². The highest BCUT2D eigenvalue weighted by molar-refractivity contribution is 5.39. The van der Waals surface area contributed by atoms with Crippen LogP contribution in [-0.4, -0.2) is 24.2 Å². The van der Waals surface area contributed by atoms with Crippen molar-refractivity contribution < 1.29 is 17.9 Å². The molecule has 1 aromatic rings. The van der Waals surface area contributed by atoms with Crippen LogP contribution in [0.25, 0.3) is 0 Å². The third kappa shape index (κ3) is 3.33. The molecule has 1 atom stereocenters. The molecule has 2 rings (SSSR count). The predicted molar refractivity (Wildman–Crippen MR) is 56.7 cm³/mol. The van der Waals surface area contributed by atoms with Gasteiger partial charge in [0, 0.05) is 12.8 Å². The standard InChI is InChI=1S/C11H13F3N2O/c12-11(13,14)8-3-4-15-10(6-8)16-9-2-1-5-17-7-9/h3-4,6,9H,1-2,5,7H2,(H,15,16). The topological polar surface area (TPSA) is 34.2 Å². The number of rotatable bonds is 2. The quantitative estimate of drug-likeness (QED) is 0.871. The summed E-state index contributed by atoms with van der Waals surface area (Å²) in [6, 6.07) is 2.02. The third-order valence-electron chi connectivity index (χ3n) is 2.60. The van der Waals surface area contributed by atoms with Crippen molar-refractivity contribution in [2.45, 2.75) is 25.1 Å². The average Bonchev–Trinajstić information content (AvgIpc) is 2.29. The lowest BCUT2D eigenvalue weighted by Crippen LogP contribution is -2.30. The molecule has 17 heavy (non-hydrogen) atoms. The van der Waals surface area contributed by atoms with E-state index < -0.39 is 11.7 Å². The maximum Gasteiger partial charge on any atom is 0.416 e. The Morgan fingerprint density at radius 2 is 2.24 bits per heavy atom. The molecule has 1 aliphatic heterocycles. The lowest BCUT2D eigenvalue weighted by Gasteiger charge is -2.23. The van der Waals surface area contributed by atoms with Crippen LogP contribution in [-0.2, 0) is 10.9 Å². The van der Waals surface area contributed by atoms with E-state index in [1.54, 1.807) is 0 Å². The molecule has 0 amide bonds. The summed E-state index contributed by atoms with van der Waals surface area (Å²) < 4.78 is 42.6. The number of hydrogen-bond donors (Lipinski definition) is 1. The van der Waals surface area contributed by atoms with Crippen LogP contribution in [0.2, 0.25) is 0 Å². The van der Waals surface area contributed by atoms with E-state index in [2.05, 4.69) is 10.3 Å². The van der Waals surface area contributed by atoms with Crippen LogP contribution < -0.4 is 5.32 Å². The second-order valence-electron chi connectivity index (χ2n) is 3.99. The van der Waals surface area contributed by atoms with Crippen LogP contribution in [0, 0.1) is 0 Å². The van der Waals surface area contributed by atoms with E-state index in [4.69, 9.17) is 4.74 Å². The highest BCUT2D eigenvalue weighted by Gasteiger charge is 2.30. The summed E-state index contributed by atoms with van der Waals surface area (Å²) in [4.78, 5) is 3.88. The largest absolute Gasteiger partial charge is 0.416 e. The van der Waals surface area contributed by atoms with Gasteiger partial charge >= 0.3 is 6.18 Å². The number of nitrogens with one attached hydrogen (secondary N) is 1. The van der Waals surface area contributed by atoms with Gasteiger partial charge in [-0.2, -0.15) is 13.2 Å². The van der Waals surface area contributed by atoms with Crippen molar-refractivity contribution in [2.75, 3.05) is 18.5 Å². The lowest BCUT2D eigenvalue weighted by molar-refractivity contribution is -0.137. The fourth-order valence-corrected chi connectivity index (χ4v) is 1.75. The number of aromatic nitrogens is 1. The first-order valence-electron chi connectivity index (χ1n) is 5.43. The zero-order chi connectivity index (χ0) is 12.3. The van der Waals surface area contributed by atoms with Crippen LogP contribution in [0.1, 0.15) is 18.4 Å². The van der Waals surface area contributed by atoms with Crippen molar-refractivity contribution >= 4 is 5.82 Å². The zero-order valence-electron chi connectivity index (χ0n) is 9.13. The molecule has 1 unspecified atom stereocenters. The lowest BCUT2D eigenvalue weighted by atomic mass is 10.1. The summed E-state index contributed by atoms with van der Waals surface area (Å²) in [6.07, 6.45) is -1.37. The number of nitrogens with zero attached hydrogens (tertiary/aromatic N) is 1. The number of pyridine rings is 1. The molecule has 0 aliphatic carbocycles. The van der Waals surface area contributed by atoms with Crippen LogP contribution in [0.15, 0.2) is 18.3 Å². The second-order valence-corrected chi connectivity index (χ2v) is 3.99. The van der Waals surface area contributed by atoms with Gasteiger partial charge < -0.3 is 10.1 Å². The summed E-state index contributed by atoms with van der Waals surface area (Å²) in [5, 5.41) is 2.96. The van der Waals surface area contributed by atoms with Crippen LogP contribution in [0.5, 0.6) is 0 Å². The maximum absolute atomic E-state index is 12.5. The first-order chi connectivity index (χ1) is 8.05. The molecule has 2 heterocycles. The van der Waals surface area contributed by atoms with Crippen molar-refractivity contribution in [3.63, 3.8) is 0 Å². The van der Waals surface area contributed by atoms with Crippen LogP contribution in [0.4, 0.5) is 19.0 Å². The van der Waals surface area contributed by atoms with Gasteiger partial charge in [0.05, 0.1) is 18.2 Å². The Hall–Kier alpha value is -1.30. The van der Waals surface area contributed by atoms with E-state index in [-0.39, 0.29) is 11.9 Å². The minimum atomic E-state index is -4.33. The summed E-state index contributed by atoms with van der Waals surface area (Å²) in [7, 11) is 0. The molecule has 0 radical (unpaired) electrons. The summed E-state index contributed by atoms with van der Waals surface area (Å²) in [6.45, 7) is 1.23. The van der Waals surface area contributed by atoms with Gasteiger partial charge in [-0.05, 0) is 25.0 Å². The van der Waals surface area contributed by atoms with Crippen molar-refractivity contribution in [2.24, 2.45) is 0 Å². The van der Waals surface area contributed by atoms with Gasteiger partial charge in [-0.3, -0.25) is 0 Å². The Balaban J connectivity index is 2.05. The highest BCUT2D eigenvalue weighted by atomic mass is 19.4. The summed E-state index contributed by atoms with van der Waals surface area (Å²) in [5.41, 5.74) is -0.688. The second kappa shape index (κ2) is 4.91. The van der Waals surface area contributed by atoms with Gasteiger partial charge in [0.25, 0.3) is 0 Å². The fourth-order valence-electron chi connectivity index (χ4n) is 1.75. The molecule has 0 bridgehead atoms. The summed E-state index contributed by atoms with van der Waals surface area (Å²) in [5.74, 6) is 0.246. The van der Waals surface area contributed by atoms with Crippen molar-refractivity contribution in [1.29, 1.82) is 0 Å². The van der Waals surface area contributed by atoms with E-state index in [0.29, 0.717) is 13.2 Å². The fraction of sp³-hybridized carbons (Fsp3) is 0.545. The van der Waals surface area contributed by atoms with Crippen LogP contribution >= 0.6 is 0 Å². The van der Waals surface area contributed by atoms with Crippen molar-refractivity contribution in [1.82, 2.24) is 4.98 Å². The SMILES string of the molecule is FC(F)(F)c1ccnc(NC2CCCOC2)c1. The molecule has 1 fully saturated rings. The highest BCUT2D eigenvalue weighted by Crippen LogP contribution is 2.30. The molecule has 6 heteroatoms. The molecular weight excluding hydrogens is 233 g/mol. The number of ether oxygens (including phenoxy) is 1. The molecule has 3 nitrogen and oxygen atoms in total. The zero-order valence-corrected chi connectivity index (χ0v) is 9.13. The van der Waals surface area contributed by atoms with E-state index in [0.717, 1.165) is 31.2 Å².